The molecule has 0 saturated heterocycles. The highest BCUT2D eigenvalue weighted by molar-refractivity contribution is 8.00. The Hall–Kier alpha value is -0.350. The Bertz CT molecular complexity index is 402. The smallest absolute Gasteiger partial charge is 0.160 e. The van der Waals surface area contributed by atoms with Crippen LogP contribution in [0.15, 0.2) is 17.0 Å². The highest BCUT2D eigenvalue weighted by atomic mass is 35.5. The van der Waals surface area contributed by atoms with Gasteiger partial charge in [-0.25, -0.2) is 0 Å². The van der Waals surface area contributed by atoms with Crippen molar-refractivity contribution in [1.29, 1.82) is 0 Å². The van der Waals surface area contributed by atoms with Crippen LogP contribution < -0.4 is 0 Å². The maximum atomic E-state index is 12.4. The number of rotatable bonds is 5. The van der Waals surface area contributed by atoms with Crippen LogP contribution in [0.1, 0.15) is 37.3 Å². The Balaban J connectivity index is 2.88. The van der Waals surface area contributed by atoms with Gasteiger partial charge in [-0.1, -0.05) is 37.4 Å². The number of halogens is 4. The van der Waals surface area contributed by atoms with E-state index in [-0.39, 0.29) is 21.7 Å². The first-order chi connectivity index (χ1) is 8.33. The number of aryl methyl sites for hydroxylation is 2. The van der Waals surface area contributed by atoms with Crippen molar-refractivity contribution in [3.63, 3.8) is 0 Å². The van der Waals surface area contributed by atoms with Crippen LogP contribution in [0.2, 0.25) is 5.02 Å². The van der Waals surface area contributed by atoms with E-state index in [1.807, 2.05) is 6.07 Å². The van der Waals surface area contributed by atoms with Crippen molar-refractivity contribution < 1.29 is 13.2 Å². The molecule has 1 rings (SSSR count). The first-order valence-electron chi connectivity index (χ1n) is 5.88. The summed E-state index contributed by atoms with van der Waals surface area (Å²) >= 11 is 5.77. The summed E-state index contributed by atoms with van der Waals surface area (Å²) in [6.07, 6.45) is 3.98. The van der Waals surface area contributed by atoms with E-state index in [0.717, 1.165) is 31.2 Å². The molecule has 0 N–H and O–H groups in total. The molecule has 0 aromatic heterocycles. The van der Waals surface area contributed by atoms with Gasteiger partial charge in [-0.05, 0) is 48.7 Å². The van der Waals surface area contributed by atoms with Crippen molar-refractivity contribution in [2.75, 3.05) is 0 Å². The molecule has 0 atom stereocenters. The van der Waals surface area contributed by atoms with Gasteiger partial charge in [-0.3, -0.25) is 0 Å². The molecule has 102 valence electrons. The fourth-order valence-electron chi connectivity index (χ4n) is 1.73. The van der Waals surface area contributed by atoms with E-state index >= 15 is 0 Å². The summed E-state index contributed by atoms with van der Waals surface area (Å²) in [6, 6.07) is 3.43. The van der Waals surface area contributed by atoms with Gasteiger partial charge < -0.3 is 0 Å². The molecule has 0 nitrogen and oxygen atoms in total. The minimum atomic E-state index is -4.29. The van der Waals surface area contributed by atoms with Crippen molar-refractivity contribution in [3.05, 3.63) is 28.3 Å². The van der Waals surface area contributed by atoms with E-state index in [1.165, 1.54) is 0 Å². The molecule has 5 heteroatoms. The minimum absolute atomic E-state index is 0.107. The van der Waals surface area contributed by atoms with Crippen molar-refractivity contribution >= 4 is 23.4 Å². The number of hydrogen-bond donors (Lipinski definition) is 0. The Kier molecular flexibility index (Phi) is 5.86. The third-order valence-corrected chi connectivity index (χ3v) is 3.96. The molecular weight excluding hydrogens is 281 g/mol. The van der Waals surface area contributed by atoms with Gasteiger partial charge in [0.15, 0.2) is 0 Å². The van der Waals surface area contributed by atoms with E-state index in [4.69, 9.17) is 11.6 Å². The predicted molar refractivity (Wildman–Crippen MR) is 71.3 cm³/mol. The summed E-state index contributed by atoms with van der Waals surface area (Å²) in [4.78, 5) is 0.107. The predicted octanol–water partition coefficient (Wildman–Crippen LogP) is 5.99. The lowest BCUT2D eigenvalue weighted by atomic mass is 10.1. The molecule has 0 bridgehead atoms. The monoisotopic (exact) mass is 296 g/mol. The lowest BCUT2D eigenvalue weighted by Gasteiger charge is -2.12. The number of thioether (sulfide) groups is 1. The molecule has 0 spiro atoms. The molecule has 1 aromatic carbocycles. The van der Waals surface area contributed by atoms with Crippen molar-refractivity contribution in [2.24, 2.45) is 0 Å². The van der Waals surface area contributed by atoms with Crippen LogP contribution >= 0.6 is 23.4 Å². The number of benzene rings is 1. The van der Waals surface area contributed by atoms with E-state index in [1.54, 1.807) is 13.0 Å². The molecule has 18 heavy (non-hydrogen) atoms. The Morgan fingerprint density at radius 1 is 1.22 bits per heavy atom. The molecule has 0 heterocycles. The average Bonchev–Trinajstić information content (AvgIpc) is 2.23. The zero-order chi connectivity index (χ0) is 13.8. The first kappa shape index (κ1) is 15.7. The van der Waals surface area contributed by atoms with E-state index in [9.17, 15) is 13.2 Å². The maximum absolute atomic E-state index is 12.4. The summed E-state index contributed by atoms with van der Waals surface area (Å²) in [5, 5.41) is 0.205. The van der Waals surface area contributed by atoms with Crippen LogP contribution in [0.4, 0.5) is 13.2 Å². The standard InChI is InChI=1S/C13H16ClF3S/c1-3-4-5-6-10-7-9(2)12(14)11(8-10)18-13(15,16)17/h7-8H,3-6H2,1-2H3. The molecule has 1 aromatic rings. The SMILES string of the molecule is CCCCCc1cc(C)c(Cl)c(SC(F)(F)F)c1. The lowest BCUT2D eigenvalue weighted by Crippen LogP contribution is -2.00. The van der Waals surface area contributed by atoms with E-state index in [2.05, 4.69) is 6.92 Å². The van der Waals surface area contributed by atoms with Crippen LogP contribution in [-0.4, -0.2) is 5.51 Å². The number of unbranched alkanes of at least 4 members (excludes halogenated alkanes) is 2. The van der Waals surface area contributed by atoms with Gasteiger partial charge in [0.25, 0.3) is 0 Å². The molecule has 0 aliphatic carbocycles. The second kappa shape index (κ2) is 6.71. The first-order valence-corrected chi connectivity index (χ1v) is 7.07. The average molecular weight is 297 g/mol. The quantitative estimate of drug-likeness (QED) is 0.475. The topological polar surface area (TPSA) is 0 Å². The summed E-state index contributed by atoms with van der Waals surface area (Å²) in [5.41, 5.74) is -2.66. The second-order valence-electron chi connectivity index (χ2n) is 4.23. The van der Waals surface area contributed by atoms with Gasteiger partial charge >= 0.3 is 5.51 Å². The summed E-state index contributed by atoms with van der Waals surface area (Å²) in [6.45, 7) is 3.84. The number of alkyl halides is 3. The normalized spacial score (nSPS) is 11.9. The Labute approximate surface area is 115 Å². The zero-order valence-corrected chi connectivity index (χ0v) is 12.0. The van der Waals surface area contributed by atoms with Crippen LogP contribution in [0.3, 0.4) is 0 Å². The van der Waals surface area contributed by atoms with Crippen LogP contribution in [0.25, 0.3) is 0 Å². The number of hydrogen-bond acceptors (Lipinski definition) is 1. The van der Waals surface area contributed by atoms with Crippen LogP contribution in [-0.2, 0) is 6.42 Å². The van der Waals surface area contributed by atoms with Gasteiger partial charge in [0.2, 0.25) is 0 Å². The lowest BCUT2D eigenvalue weighted by molar-refractivity contribution is -0.0328. The highest BCUT2D eigenvalue weighted by Crippen LogP contribution is 2.41. The van der Waals surface area contributed by atoms with Crippen LogP contribution in [0, 0.1) is 6.92 Å². The molecule has 0 aliphatic heterocycles. The van der Waals surface area contributed by atoms with Gasteiger partial charge in [0, 0.05) is 4.90 Å². The molecule has 0 fully saturated rings. The summed E-state index contributed by atoms with van der Waals surface area (Å²) < 4.78 is 37.2. The Morgan fingerprint density at radius 2 is 1.89 bits per heavy atom. The van der Waals surface area contributed by atoms with Gasteiger partial charge in [-0.2, -0.15) is 13.2 Å². The fraction of sp³-hybridized carbons (Fsp3) is 0.538. The van der Waals surface area contributed by atoms with Gasteiger partial charge in [-0.15, -0.1) is 0 Å². The summed E-state index contributed by atoms with van der Waals surface area (Å²) in [5.74, 6) is 0. The van der Waals surface area contributed by atoms with Crippen LogP contribution in [0.5, 0.6) is 0 Å². The molecule has 0 radical (unpaired) electrons. The van der Waals surface area contributed by atoms with Crippen molar-refractivity contribution in [1.82, 2.24) is 0 Å². The summed E-state index contributed by atoms with van der Waals surface area (Å²) in [7, 11) is 0. The molecular formula is C13H16ClF3S. The molecule has 0 saturated carbocycles. The molecule has 0 amide bonds. The third kappa shape index (κ3) is 5.11. The van der Waals surface area contributed by atoms with E-state index in [0.29, 0.717) is 5.56 Å². The largest absolute Gasteiger partial charge is 0.446 e. The third-order valence-electron chi connectivity index (χ3n) is 2.58. The minimum Gasteiger partial charge on any atom is -0.160 e. The van der Waals surface area contributed by atoms with E-state index < -0.39 is 5.51 Å². The zero-order valence-electron chi connectivity index (χ0n) is 10.4. The van der Waals surface area contributed by atoms with Crippen molar-refractivity contribution in [3.8, 4) is 0 Å². The Morgan fingerprint density at radius 3 is 2.44 bits per heavy atom. The van der Waals surface area contributed by atoms with Crippen molar-refractivity contribution in [2.45, 2.75) is 49.9 Å². The fourth-order valence-corrected chi connectivity index (χ4v) is 2.67. The highest BCUT2D eigenvalue weighted by Gasteiger charge is 2.30. The maximum Gasteiger partial charge on any atom is 0.446 e. The van der Waals surface area contributed by atoms with Gasteiger partial charge in [0.1, 0.15) is 0 Å². The molecule has 0 aliphatic rings. The molecule has 0 unspecified atom stereocenters. The van der Waals surface area contributed by atoms with Gasteiger partial charge in [0.05, 0.1) is 5.02 Å². The second-order valence-corrected chi connectivity index (χ2v) is 5.71.